The molecular weight excluding hydrogens is 272 g/mol. The predicted molar refractivity (Wildman–Crippen MR) is 79.7 cm³/mol. The Labute approximate surface area is 123 Å². The Morgan fingerprint density at radius 3 is 2.81 bits per heavy atom. The van der Waals surface area contributed by atoms with Crippen LogP contribution in [0.25, 0.3) is 11.0 Å². The molecule has 3 nitrogen and oxygen atoms in total. The van der Waals surface area contributed by atoms with Gasteiger partial charge in [-0.2, -0.15) is 0 Å². The van der Waals surface area contributed by atoms with Gasteiger partial charge in [0.05, 0.1) is 11.0 Å². The Hall–Kier alpha value is -1.49. The van der Waals surface area contributed by atoms with Crippen LogP contribution in [0.15, 0.2) is 18.2 Å². The Morgan fingerprint density at radius 1 is 1.38 bits per heavy atom. The summed E-state index contributed by atoms with van der Waals surface area (Å²) >= 11 is 0. The van der Waals surface area contributed by atoms with Crippen LogP contribution >= 0.6 is 0 Å². The Balaban J connectivity index is 1.50. The first kappa shape index (κ1) is 14.4. The Morgan fingerprint density at radius 2 is 2.14 bits per heavy atom. The number of rotatable bonds is 6. The number of benzene rings is 1. The Bertz CT molecular complexity index is 635. The average molecular weight is 293 g/mol. The first-order valence-electron chi connectivity index (χ1n) is 7.46. The van der Waals surface area contributed by atoms with Crippen molar-refractivity contribution in [2.24, 2.45) is 5.92 Å². The summed E-state index contributed by atoms with van der Waals surface area (Å²) in [4.78, 5) is 10.0. The maximum Gasteiger partial charge on any atom is 0.251 e. The molecule has 1 aromatic carbocycles. The van der Waals surface area contributed by atoms with Gasteiger partial charge in [0, 0.05) is 25.3 Å². The number of aromatic nitrogens is 2. The van der Waals surface area contributed by atoms with Gasteiger partial charge < -0.3 is 9.88 Å². The van der Waals surface area contributed by atoms with Crippen molar-refractivity contribution < 1.29 is 8.78 Å². The minimum Gasteiger partial charge on any atom is -0.342 e. The molecule has 0 aliphatic heterocycles. The molecule has 1 aliphatic rings. The van der Waals surface area contributed by atoms with E-state index in [2.05, 4.69) is 27.9 Å². The van der Waals surface area contributed by atoms with Crippen LogP contribution in [-0.2, 0) is 6.42 Å². The summed E-state index contributed by atoms with van der Waals surface area (Å²) in [5.41, 5.74) is 3.25. The van der Waals surface area contributed by atoms with Crippen LogP contribution in [0.5, 0.6) is 0 Å². The van der Waals surface area contributed by atoms with E-state index in [1.807, 2.05) is 19.2 Å². The smallest absolute Gasteiger partial charge is 0.251 e. The van der Waals surface area contributed by atoms with E-state index in [4.69, 9.17) is 0 Å². The minimum absolute atomic E-state index is 0.0731. The van der Waals surface area contributed by atoms with Gasteiger partial charge in [0.25, 0.3) is 5.92 Å². The van der Waals surface area contributed by atoms with E-state index in [0.717, 1.165) is 36.4 Å². The monoisotopic (exact) mass is 293 g/mol. The fraction of sp³-hybridized carbons (Fsp3) is 0.562. The maximum absolute atomic E-state index is 12.8. The fourth-order valence-corrected chi connectivity index (χ4v) is 2.71. The van der Waals surface area contributed by atoms with E-state index in [1.165, 1.54) is 5.56 Å². The number of H-pyrrole nitrogens is 1. The summed E-state index contributed by atoms with van der Waals surface area (Å²) in [5, 5.41) is 0. The number of alkyl halides is 2. The molecule has 1 fully saturated rings. The molecule has 1 N–H and O–H groups in total. The zero-order valence-corrected chi connectivity index (χ0v) is 12.5. The van der Waals surface area contributed by atoms with Crippen LogP contribution in [-0.4, -0.2) is 40.9 Å². The molecular formula is C16H21F2N3. The molecule has 1 aromatic heterocycles. The molecule has 0 radical (unpaired) electrons. The lowest BCUT2D eigenvalue weighted by atomic mass is 10.2. The van der Waals surface area contributed by atoms with Crippen molar-refractivity contribution in [3.8, 4) is 0 Å². The zero-order chi connectivity index (χ0) is 15.0. The number of para-hydroxylation sites is 1. The minimum atomic E-state index is -2.39. The number of nitrogens with one attached hydrogen (secondary N) is 1. The summed E-state index contributed by atoms with van der Waals surface area (Å²) in [7, 11) is 1.98. The molecule has 0 spiro atoms. The molecule has 2 aromatic rings. The predicted octanol–water partition coefficient (Wildman–Crippen LogP) is 3.39. The van der Waals surface area contributed by atoms with E-state index in [-0.39, 0.29) is 6.42 Å². The second kappa shape index (κ2) is 5.37. The molecule has 21 heavy (non-hydrogen) atoms. The largest absolute Gasteiger partial charge is 0.342 e. The van der Waals surface area contributed by atoms with E-state index in [0.29, 0.717) is 6.42 Å². The van der Waals surface area contributed by atoms with Crippen molar-refractivity contribution in [2.75, 3.05) is 20.1 Å². The van der Waals surface area contributed by atoms with Gasteiger partial charge in [-0.3, -0.25) is 0 Å². The highest BCUT2D eigenvalue weighted by atomic mass is 19.3. The van der Waals surface area contributed by atoms with Crippen LogP contribution in [0.4, 0.5) is 8.78 Å². The van der Waals surface area contributed by atoms with Crippen LogP contribution in [0.3, 0.4) is 0 Å². The van der Waals surface area contributed by atoms with Crippen molar-refractivity contribution in [1.29, 1.82) is 0 Å². The highest BCUT2D eigenvalue weighted by molar-refractivity contribution is 5.78. The van der Waals surface area contributed by atoms with E-state index >= 15 is 0 Å². The molecule has 1 saturated carbocycles. The van der Waals surface area contributed by atoms with Crippen molar-refractivity contribution in [3.63, 3.8) is 0 Å². The number of imidazole rings is 1. The first-order chi connectivity index (χ1) is 9.95. The van der Waals surface area contributed by atoms with Crippen molar-refractivity contribution in [2.45, 2.75) is 32.1 Å². The number of hydrogen-bond acceptors (Lipinski definition) is 2. The topological polar surface area (TPSA) is 31.9 Å². The summed E-state index contributed by atoms with van der Waals surface area (Å²) in [5.74, 6) is -1.83. The van der Waals surface area contributed by atoms with Gasteiger partial charge in [-0.05, 0) is 38.6 Å². The van der Waals surface area contributed by atoms with Crippen LogP contribution in [0.2, 0.25) is 0 Å². The van der Waals surface area contributed by atoms with Crippen molar-refractivity contribution in [3.05, 3.63) is 29.6 Å². The van der Waals surface area contributed by atoms with Gasteiger partial charge in [-0.1, -0.05) is 12.1 Å². The lowest BCUT2D eigenvalue weighted by Gasteiger charge is -2.15. The number of nitrogens with zero attached hydrogens (tertiary/aromatic N) is 2. The Kier molecular flexibility index (Phi) is 3.69. The quantitative estimate of drug-likeness (QED) is 0.885. The molecule has 1 unspecified atom stereocenters. The van der Waals surface area contributed by atoms with Gasteiger partial charge in [0.1, 0.15) is 5.82 Å². The van der Waals surface area contributed by atoms with Gasteiger partial charge in [-0.25, -0.2) is 13.8 Å². The van der Waals surface area contributed by atoms with Crippen LogP contribution in [0, 0.1) is 12.8 Å². The number of likely N-dealkylation sites (N-methyl/N-ethyl adjacent to an activating group) is 1. The third-order valence-electron chi connectivity index (χ3n) is 4.31. The molecule has 5 heteroatoms. The second-order valence-corrected chi connectivity index (χ2v) is 6.16. The number of halogens is 2. The number of aromatic amines is 1. The number of aryl methyl sites for hydroxylation is 1. The average Bonchev–Trinajstić information content (AvgIpc) is 2.85. The first-order valence-corrected chi connectivity index (χ1v) is 7.46. The highest BCUT2D eigenvalue weighted by Gasteiger charge is 2.55. The van der Waals surface area contributed by atoms with E-state index in [9.17, 15) is 8.78 Å². The van der Waals surface area contributed by atoms with Crippen molar-refractivity contribution in [1.82, 2.24) is 14.9 Å². The molecule has 1 atom stereocenters. The summed E-state index contributed by atoms with van der Waals surface area (Å²) in [6.07, 6.45) is 1.47. The summed E-state index contributed by atoms with van der Waals surface area (Å²) < 4.78 is 25.6. The third kappa shape index (κ3) is 3.23. The molecule has 114 valence electrons. The highest BCUT2D eigenvalue weighted by Crippen LogP contribution is 2.50. The van der Waals surface area contributed by atoms with Gasteiger partial charge >= 0.3 is 0 Å². The number of fused-ring (bicyclic) bond motifs is 1. The molecule has 1 heterocycles. The summed E-state index contributed by atoms with van der Waals surface area (Å²) in [6.45, 7) is 3.60. The van der Waals surface area contributed by atoms with Gasteiger partial charge in [0.15, 0.2) is 0 Å². The fourth-order valence-electron chi connectivity index (χ4n) is 2.71. The summed E-state index contributed by atoms with van der Waals surface area (Å²) in [6, 6.07) is 6.09. The zero-order valence-electron chi connectivity index (χ0n) is 12.5. The second-order valence-electron chi connectivity index (χ2n) is 6.16. The number of hydrogen-bond donors (Lipinski definition) is 1. The van der Waals surface area contributed by atoms with Crippen LogP contribution in [0.1, 0.15) is 24.2 Å². The lowest BCUT2D eigenvalue weighted by Crippen LogP contribution is -2.23. The SMILES string of the molecule is Cc1cccc2[nH]c(CCN(C)CCC3CC3(F)F)nc12. The molecule has 1 aliphatic carbocycles. The van der Waals surface area contributed by atoms with Gasteiger partial charge in [0.2, 0.25) is 0 Å². The van der Waals surface area contributed by atoms with E-state index < -0.39 is 11.8 Å². The molecule has 3 rings (SSSR count). The molecule has 0 amide bonds. The molecule has 0 saturated heterocycles. The third-order valence-corrected chi connectivity index (χ3v) is 4.31. The normalized spacial score (nSPS) is 20.3. The standard InChI is InChI=1S/C16H21F2N3/c1-11-4-3-5-13-15(11)20-14(19-13)7-9-21(2)8-6-12-10-16(12,17)18/h3-5,12H,6-10H2,1-2H3,(H,19,20). The van der Waals surface area contributed by atoms with Crippen molar-refractivity contribution >= 4 is 11.0 Å². The van der Waals surface area contributed by atoms with E-state index in [1.54, 1.807) is 0 Å². The lowest BCUT2D eigenvalue weighted by molar-refractivity contribution is 0.0946. The van der Waals surface area contributed by atoms with Gasteiger partial charge in [-0.15, -0.1) is 0 Å². The molecule has 0 bridgehead atoms. The maximum atomic E-state index is 12.8. The van der Waals surface area contributed by atoms with Crippen LogP contribution < -0.4 is 0 Å².